The second kappa shape index (κ2) is 4.25. The van der Waals surface area contributed by atoms with E-state index >= 15 is 0 Å². The maximum atomic E-state index is 10.6. The molecule has 0 unspecified atom stereocenters. The number of nitro benzene ring substituents is 1. The van der Waals surface area contributed by atoms with Crippen LogP contribution in [0.4, 0.5) is 5.69 Å². The highest BCUT2D eigenvalue weighted by Gasteiger charge is 2.17. The Balaban J connectivity index is 2.32. The Morgan fingerprint density at radius 3 is 2.28 bits per heavy atom. The minimum Gasteiger partial charge on any atom is -0.341 e. The molecule has 5 heteroatoms. The van der Waals surface area contributed by atoms with E-state index < -0.39 is 4.92 Å². The molecular formula is C13H15N3O2. The van der Waals surface area contributed by atoms with Crippen LogP contribution in [0.3, 0.4) is 0 Å². The summed E-state index contributed by atoms with van der Waals surface area (Å²) in [6.45, 7) is 6.29. The van der Waals surface area contributed by atoms with Crippen molar-refractivity contribution in [1.29, 1.82) is 0 Å². The zero-order valence-corrected chi connectivity index (χ0v) is 10.6. The molecule has 0 atom stereocenters. The fraction of sp³-hybridized carbons (Fsp3) is 0.308. The van der Waals surface area contributed by atoms with Crippen molar-refractivity contribution < 1.29 is 4.92 Å². The number of hydrogen-bond donors (Lipinski definition) is 1. The lowest BCUT2D eigenvalue weighted by atomic mass is 9.93. The second-order valence-corrected chi connectivity index (χ2v) is 5.20. The SMILES string of the molecule is CC(C)(C)c1cnc(-c2ccc([N+](=O)[O-])cc2)[nH]1. The van der Waals surface area contributed by atoms with Crippen LogP contribution >= 0.6 is 0 Å². The van der Waals surface area contributed by atoms with Gasteiger partial charge in [-0.05, 0) is 12.1 Å². The Labute approximate surface area is 105 Å². The van der Waals surface area contributed by atoms with Crippen LogP contribution in [-0.4, -0.2) is 14.9 Å². The predicted molar refractivity (Wildman–Crippen MR) is 69.4 cm³/mol. The van der Waals surface area contributed by atoms with Crippen molar-refractivity contribution in [3.05, 3.63) is 46.3 Å². The average molecular weight is 245 g/mol. The summed E-state index contributed by atoms with van der Waals surface area (Å²) >= 11 is 0. The molecule has 0 saturated heterocycles. The third-order valence-electron chi connectivity index (χ3n) is 2.74. The van der Waals surface area contributed by atoms with E-state index in [1.165, 1.54) is 12.1 Å². The minimum atomic E-state index is -0.410. The lowest BCUT2D eigenvalue weighted by Gasteiger charge is -2.15. The fourth-order valence-corrected chi connectivity index (χ4v) is 1.59. The van der Waals surface area contributed by atoms with Crippen molar-refractivity contribution in [2.24, 2.45) is 0 Å². The smallest absolute Gasteiger partial charge is 0.269 e. The van der Waals surface area contributed by atoms with Gasteiger partial charge in [0, 0.05) is 35.0 Å². The van der Waals surface area contributed by atoms with Crippen LogP contribution in [0.25, 0.3) is 11.4 Å². The highest BCUT2D eigenvalue weighted by Crippen LogP contribution is 2.24. The van der Waals surface area contributed by atoms with E-state index in [0.29, 0.717) is 0 Å². The fourth-order valence-electron chi connectivity index (χ4n) is 1.59. The first kappa shape index (κ1) is 12.3. The van der Waals surface area contributed by atoms with E-state index in [4.69, 9.17) is 0 Å². The average Bonchev–Trinajstić information content (AvgIpc) is 2.78. The second-order valence-electron chi connectivity index (χ2n) is 5.20. The molecule has 0 spiro atoms. The molecule has 1 aromatic heterocycles. The van der Waals surface area contributed by atoms with E-state index in [2.05, 4.69) is 30.7 Å². The normalized spacial score (nSPS) is 11.5. The Hall–Kier alpha value is -2.17. The number of nitro groups is 1. The summed E-state index contributed by atoms with van der Waals surface area (Å²) in [6, 6.07) is 6.36. The van der Waals surface area contributed by atoms with E-state index in [-0.39, 0.29) is 11.1 Å². The Morgan fingerprint density at radius 2 is 1.83 bits per heavy atom. The Morgan fingerprint density at radius 1 is 1.22 bits per heavy atom. The summed E-state index contributed by atoms with van der Waals surface area (Å²) in [4.78, 5) is 17.7. The number of non-ortho nitro benzene ring substituents is 1. The highest BCUT2D eigenvalue weighted by atomic mass is 16.6. The van der Waals surface area contributed by atoms with E-state index in [1.54, 1.807) is 18.3 Å². The molecule has 2 aromatic rings. The van der Waals surface area contributed by atoms with Crippen molar-refractivity contribution in [2.75, 3.05) is 0 Å². The molecule has 1 aromatic carbocycles. The summed E-state index contributed by atoms with van der Waals surface area (Å²) in [5.74, 6) is 0.731. The predicted octanol–water partition coefficient (Wildman–Crippen LogP) is 3.28. The quantitative estimate of drug-likeness (QED) is 0.651. The summed E-state index contributed by atoms with van der Waals surface area (Å²) in [5, 5.41) is 10.6. The first-order valence-electron chi connectivity index (χ1n) is 5.68. The van der Waals surface area contributed by atoms with Gasteiger partial charge in [-0.1, -0.05) is 20.8 Å². The number of imidazole rings is 1. The number of nitrogens with zero attached hydrogens (tertiary/aromatic N) is 2. The number of H-pyrrole nitrogens is 1. The molecule has 0 radical (unpaired) electrons. The molecule has 18 heavy (non-hydrogen) atoms. The van der Waals surface area contributed by atoms with Crippen LogP contribution in [0.5, 0.6) is 0 Å². The molecule has 1 N–H and O–H groups in total. The largest absolute Gasteiger partial charge is 0.341 e. The van der Waals surface area contributed by atoms with Crippen molar-refractivity contribution in [3.8, 4) is 11.4 Å². The van der Waals surface area contributed by atoms with Gasteiger partial charge in [-0.3, -0.25) is 10.1 Å². The summed E-state index contributed by atoms with van der Waals surface area (Å²) in [6.07, 6.45) is 1.80. The van der Waals surface area contributed by atoms with Gasteiger partial charge in [0.1, 0.15) is 5.82 Å². The van der Waals surface area contributed by atoms with Gasteiger partial charge in [0.2, 0.25) is 0 Å². The van der Waals surface area contributed by atoms with Gasteiger partial charge in [-0.25, -0.2) is 4.98 Å². The number of nitrogens with one attached hydrogen (secondary N) is 1. The first-order valence-corrected chi connectivity index (χ1v) is 5.68. The van der Waals surface area contributed by atoms with Crippen molar-refractivity contribution >= 4 is 5.69 Å². The number of aromatic amines is 1. The van der Waals surface area contributed by atoms with Crippen LogP contribution in [0.1, 0.15) is 26.5 Å². The number of aromatic nitrogens is 2. The topological polar surface area (TPSA) is 71.8 Å². The van der Waals surface area contributed by atoms with E-state index in [1.807, 2.05) is 0 Å². The molecule has 5 nitrogen and oxygen atoms in total. The van der Waals surface area contributed by atoms with E-state index in [9.17, 15) is 10.1 Å². The van der Waals surface area contributed by atoms with Crippen molar-refractivity contribution in [1.82, 2.24) is 9.97 Å². The van der Waals surface area contributed by atoms with Crippen LogP contribution in [-0.2, 0) is 5.41 Å². The monoisotopic (exact) mass is 245 g/mol. The maximum absolute atomic E-state index is 10.6. The lowest BCUT2D eigenvalue weighted by molar-refractivity contribution is -0.384. The van der Waals surface area contributed by atoms with Gasteiger partial charge < -0.3 is 4.98 Å². The first-order chi connectivity index (χ1) is 8.38. The van der Waals surface area contributed by atoms with Crippen LogP contribution in [0.15, 0.2) is 30.5 Å². The highest BCUT2D eigenvalue weighted by molar-refractivity contribution is 5.57. The van der Waals surface area contributed by atoms with Gasteiger partial charge in [0.25, 0.3) is 5.69 Å². The molecule has 2 rings (SSSR count). The molecular weight excluding hydrogens is 230 g/mol. The summed E-state index contributed by atoms with van der Waals surface area (Å²) in [5.41, 5.74) is 1.97. The third kappa shape index (κ3) is 2.40. The third-order valence-corrected chi connectivity index (χ3v) is 2.74. The van der Waals surface area contributed by atoms with Crippen LogP contribution < -0.4 is 0 Å². The molecule has 94 valence electrons. The molecule has 0 amide bonds. The Kier molecular flexibility index (Phi) is 2.90. The van der Waals surface area contributed by atoms with Crippen LogP contribution in [0.2, 0.25) is 0 Å². The minimum absolute atomic E-state index is 0.00598. The van der Waals surface area contributed by atoms with Gasteiger partial charge in [0.15, 0.2) is 0 Å². The molecule has 0 aliphatic carbocycles. The molecule has 0 aliphatic heterocycles. The van der Waals surface area contributed by atoms with E-state index in [0.717, 1.165) is 17.1 Å². The zero-order chi connectivity index (χ0) is 13.3. The standard InChI is InChI=1S/C13H15N3O2/c1-13(2,3)11-8-14-12(15-11)9-4-6-10(7-5-9)16(17)18/h4-8H,1-3H3,(H,14,15). The molecule has 0 aliphatic rings. The Bertz CT molecular complexity index is 565. The van der Waals surface area contributed by atoms with Gasteiger partial charge >= 0.3 is 0 Å². The molecule has 1 heterocycles. The number of benzene rings is 1. The zero-order valence-electron chi connectivity index (χ0n) is 10.6. The summed E-state index contributed by atoms with van der Waals surface area (Å²) in [7, 11) is 0. The molecule has 0 bridgehead atoms. The lowest BCUT2D eigenvalue weighted by Crippen LogP contribution is -2.11. The van der Waals surface area contributed by atoms with Crippen molar-refractivity contribution in [2.45, 2.75) is 26.2 Å². The van der Waals surface area contributed by atoms with Crippen molar-refractivity contribution in [3.63, 3.8) is 0 Å². The number of rotatable bonds is 2. The van der Waals surface area contributed by atoms with Gasteiger partial charge in [-0.2, -0.15) is 0 Å². The summed E-state index contributed by atoms with van der Waals surface area (Å²) < 4.78 is 0. The van der Waals surface area contributed by atoms with Gasteiger partial charge in [0.05, 0.1) is 4.92 Å². The molecule has 0 saturated carbocycles. The molecule has 0 fully saturated rings. The maximum Gasteiger partial charge on any atom is 0.269 e. The number of hydrogen-bond acceptors (Lipinski definition) is 3. The van der Waals surface area contributed by atoms with Crippen LogP contribution in [0, 0.1) is 10.1 Å². The van der Waals surface area contributed by atoms with Gasteiger partial charge in [-0.15, -0.1) is 0 Å².